The number of hydrogen-bond donors (Lipinski definition) is 3. The second-order valence-corrected chi connectivity index (χ2v) is 5.70. The summed E-state index contributed by atoms with van der Waals surface area (Å²) in [4.78, 5) is 11.7. The highest BCUT2D eigenvalue weighted by Crippen LogP contribution is 2.30. The first-order valence-corrected chi connectivity index (χ1v) is 6.33. The Bertz CT molecular complexity index is 269. The van der Waals surface area contributed by atoms with Crippen LogP contribution >= 0.6 is 0 Å². The van der Waals surface area contributed by atoms with Crippen LogP contribution in [-0.4, -0.2) is 30.1 Å². The Hall–Kier alpha value is -0.610. The maximum atomic E-state index is 11.7. The molecule has 1 atom stereocenters. The summed E-state index contributed by atoms with van der Waals surface area (Å²) in [5.74, 6) is 0.489. The average Bonchev–Trinajstić information content (AvgIpc) is 2.26. The Morgan fingerprint density at radius 1 is 1.38 bits per heavy atom. The van der Waals surface area contributed by atoms with Crippen LogP contribution in [0.25, 0.3) is 0 Å². The molecule has 0 unspecified atom stereocenters. The fourth-order valence-electron chi connectivity index (χ4n) is 2.80. The molecule has 4 N–H and O–H groups in total. The Morgan fingerprint density at radius 2 is 2.00 bits per heavy atom. The van der Waals surface area contributed by atoms with Gasteiger partial charge in [-0.1, -0.05) is 13.8 Å². The van der Waals surface area contributed by atoms with Crippen molar-refractivity contribution in [3.63, 3.8) is 0 Å². The number of carbonyl (C=O) groups is 1. The van der Waals surface area contributed by atoms with E-state index in [4.69, 9.17) is 5.73 Å². The number of amides is 1. The van der Waals surface area contributed by atoms with Gasteiger partial charge in [-0.05, 0) is 31.6 Å². The summed E-state index contributed by atoms with van der Waals surface area (Å²) in [5.41, 5.74) is 6.04. The molecule has 1 amide bonds. The summed E-state index contributed by atoms with van der Waals surface area (Å²) in [6.07, 6.45) is 4.29. The molecule has 2 rings (SSSR count). The standard InChI is InChI=1S/C12H23N3O/c1-8(2)10-11(16)14-7-12(15-10)5-3-9(13)4-6-12/h8-10,15H,3-7,13H2,1-2H3,(H,14,16)/t9?,10-,12?/m0/s1. The van der Waals surface area contributed by atoms with Crippen molar-refractivity contribution >= 4 is 5.91 Å². The van der Waals surface area contributed by atoms with Crippen molar-refractivity contribution in [1.82, 2.24) is 10.6 Å². The van der Waals surface area contributed by atoms with Crippen molar-refractivity contribution in [1.29, 1.82) is 0 Å². The van der Waals surface area contributed by atoms with Crippen LogP contribution in [0.1, 0.15) is 39.5 Å². The molecule has 4 nitrogen and oxygen atoms in total. The maximum Gasteiger partial charge on any atom is 0.237 e. The minimum Gasteiger partial charge on any atom is -0.353 e. The monoisotopic (exact) mass is 225 g/mol. The van der Waals surface area contributed by atoms with E-state index in [1.165, 1.54) is 0 Å². The van der Waals surface area contributed by atoms with Gasteiger partial charge in [-0.15, -0.1) is 0 Å². The van der Waals surface area contributed by atoms with Crippen LogP contribution in [0.5, 0.6) is 0 Å². The van der Waals surface area contributed by atoms with Gasteiger partial charge in [0, 0.05) is 18.1 Å². The van der Waals surface area contributed by atoms with E-state index in [1.54, 1.807) is 0 Å². The van der Waals surface area contributed by atoms with Gasteiger partial charge in [-0.25, -0.2) is 0 Å². The van der Waals surface area contributed by atoms with Crippen LogP contribution in [0, 0.1) is 5.92 Å². The molecule has 1 aliphatic heterocycles. The number of nitrogens with two attached hydrogens (primary N) is 1. The maximum absolute atomic E-state index is 11.7. The first kappa shape index (κ1) is 11.9. The molecule has 0 aromatic rings. The number of piperazine rings is 1. The Kier molecular flexibility index (Phi) is 3.22. The van der Waals surface area contributed by atoms with Crippen LogP contribution in [0.3, 0.4) is 0 Å². The molecule has 0 aromatic heterocycles. The molecule has 1 saturated carbocycles. The Labute approximate surface area is 97.3 Å². The topological polar surface area (TPSA) is 67.2 Å². The molecule has 4 heteroatoms. The van der Waals surface area contributed by atoms with E-state index >= 15 is 0 Å². The quantitative estimate of drug-likeness (QED) is 0.604. The van der Waals surface area contributed by atoms with E-state index in [-0.39, 0.29) is 17.5 Å². The number of nitrogens with one attached hydrogen (secondary N) is 2. The highest BCUT2D eigenvalue weighted by molar-refractivity contribution is 5.83. The molecule has 92 valence electrons. The molecule has 1 spiro atoms. The van der Waals surface area contributed by atoms with Gasteiger partial charge in [-0.2, -0.15) is 0 Å². The molecular formula is C12H23N3O. The van der Waals surface area contributed by atoms with Gasteiger partial charge in [0.15, 0.2) is 0 Å². The molecule has 2 fully saturated rings. The third-order valence-corrected chi connectivity index (χ3v) is 4.00. The van der Waals surface area contributed by atoms with Crippen LogP contribution in [-0.2, 0) is 4.79 Å². The lowest BCUT2D eigenvalue weighted by Crippen LogP contribution is -2.68. The van der Waals surface area contributed by atoms with Crippen LogP contribution in [0.15, 0.2) is 0 Å². The predicted molar refractivity (Wildman–Crippen MR) is 63.9 cm³/mol. The van der Waals surface area contributed by atoms with Crippen molar-refractivity contribution in [2.75, 3.05) is 6.54 Å². The third kappa shape index (κ3) is 2.23. The van der Waals surface area contributed by atoms with Crippen LogP contribution in [0.4, 0.5) is 0 Å². The van der Waals surface area contributed by atoms with Gasteiger partial charge >= 0.3 is 0 Å². The van der Waals surface area contributed by atoms with Crippen molar-refractivity contribution in [3.8, 4) is 0 Å². The average molecular weight is 225 g/mol. The highest BCUT2D eigenvalue weighted by Gasteiger charge is 2.42. The first-order chi connectivity index (χ1) is 7.52. The lowest BCUT2D eigenvalue weighted by Gasteiger charge is -2.46. The molecule has 0 aromatic carbocycles. The van der Waals surface area contributed by atoms with Crippen molar-refractivity contribution in [2.24, 2.45) is 11.7 Å². The second kappa shape index (κ2) is 4.34. The minimum atomic E-state index is -0.0388. The number of carbonyl (C=O) groups excluding carboxylic acids is 1. The summed E-state index contributed by atoms with van der Waals surface area (Å²) >= 11 is 0. The Balaban J connectivity index is 2.04. The first-order valence-electron chi connectivity index (χ1n) is 6.33. The summed E-state index contributed by atoms with van der Waals surface area (Å²) in [5, 5.41) is 6.62. The fourth-order valence-corrected chi connectivity index (χ4v) is 2.80. The zero-order valence-corrected chi connectivity index (χ0v) is 10.3. The molecule has 0 radical (unpaired) electrons. The Morgan fingerprint density at radius 3 is 2.56 bits per heavy atom. The fraction of sp³-hybridized carbons (Fsp3) is 0.917. The van der Waals surface area contributed by atoms with Gasteiger partial charge in [-0.3, -0.25) is 10.1 Å². The molecule has 1 heterocycles. The van der Waals surface area contributed by atoms with E-state index in [0.717, 1.165) is 32.2 Å². The zero-order chi connectivity index (χ0) is 11.8. The van der Waals surface area contributed by atoms with Gasteiger partial charge < -0.3 is 11.1 Å². The minimum absolute atomic E-state index is 0.0388. The van der Waals surface area contributed by atoms with Crippen molar-refractivity contribution < 1.29 is 4.79 Å². The van der Waals surface area contributed by atoms with E-state index in [0.29, 0.717) is 12.0 Å². The van der Waals surface area contributed by atoms with Gasteiger partial charge in [0.05, 0.1) is 6.04 Å². The molecular weight excluding hydrogens is 202 g/mol. The third-order valence-electron chi connectivity index (χ3n) is 4.00. The predicted octanol–water partition coefficient (Wildman–Crippen LogP) is 0.371. The summed E-state index contributed by atoms with van der Waals surface area (Å²) in [7, 11) is 0. The van der Waals surface area contributed by atoms with Crippen molar-refractivity contribution in [2.45, 2.75) is 57.2 Å². The highest BCUT2D eigenvalue weighted by atomic mass is 16.2. The van der Waals surface area contributed by atoms with E-state index in [1.807, 2.05) is 0 Å². The van der Waals surface area contributed by atoms with E-state index in [2.05, 4.69) is 24.5 Å². The van der Waals surface area contributed by atoms with E-state index < -0.39 is 0 Å². The van der Waals surface area contributed by atoms with Gasteiger partial charge in [0.2, 0.25) is 5.91 Å². The lowest BCUT2D eigenvalue weighted by molar-refractivity contribution is -0.128. The normalized spacial score (nSPS) is 40.1. The largest absolute Gasteiger partial charge is 0.353 e. The van der Waals surface area contributed by atoms with Gasteiger partial charge in [0.1, 0.15) is 0 Å². The SMILES string of the molecule is CC(C)[C@@H]1NC2(CCC(N)CC2)CNC1=O. The lowest BCUT2D eigenvalue weighted by atomic mass is 9.77. The number of hydrogen-bond acceptors (Lipinski definition) is 3. The zero-order valence-electron chi connectivity index (χ0n) is 10.3. The van der Waals surface area contributed by atoms with E-state index in [9.17, 15) is 4.79 Å². The second-order valence-electron chi connectivity index (χ2n) is 5.70. The smallest absolute Gasteiger partial charge is 0.237 e. The summed E-state index contributed by atoms with van der Waals surface area (Å²) in [6.45, 7) is 4.94. The van der Waals surface area contributed by atoms with Gasteiger partial charge in [0.25, 0.3) is 0 Å². The molecule has 0 bridgehead atoms. The van der Waals surface area contributed by atoms with Crippen molar-refractivity contribution in [3.05, 3.63) is 0 Å². The molecule has 2 aliphatic rings. The molecule has 1 aliphatic carbocycles. The summed E-state index contributed by atoms with van der Waals surface area (Å²) < 4.78 is 0. The molecule has 16 heavy (non-hydrogen) atoms. The number of rotatable bonds is 1. The molecule has 1 saturated heterocycles. The van der Waals surface area contributed by atoms with Crippen LogP contribution in [0.2, 0.25) is 0 Å². The van der Waals surface area contributed by atoms with Crippen LogP contribution < -0.4 is 16.4 Å². The summed E-state index contributed by atoms with van der Waals surface area (Å²) in [6, 6.07) is 0.311.